The number of hydrogen-bond donors (Lipinski definition) is 0. The number of ether oxygens (including phenoxy) is 3. The molecule has 4 rings (SSSR count). The molecule has 198 valence electrons. The third-order valence-electron chi connectivity index (χ3n) is 7.03. The predicted octanol–water partition coefficient (Wildman–Crippen LogP) is 6.41. The molecule has 0 aromatic heterocycles. The molecule has 0 bridgehead atoms. The lowest BCUT2D eigenvalue weighted by Gasteiger charge is -2.39. The van der Waals surface area contributed by atoms with Gasteiger partial charge in [0.25, 0.3) is 0 Å². The summed E-state index contributed by atoms with van der Waals surface area (Å²) in [6.45, 7) is 2.48. The maximum absolute atomic E-state index is 14.8. The van der Waals surface area contributed by atoms with Crippen molar-refractivity contribution < 1.29 is 49.3 Å². The normalized spacial score (nSPS) is 43.3. The topological polar surface area (TPSA) is 27.7 Å². The monoisotopic (exact) mass is 516 g/mol. The first-order valence-electron chi connectivity index (χ1n) is 11.8. The van der Waals surface area contributed by atoms with Crippen LogP contribution in [0.15, 0.2) is 35.5 Å². The summed E-state index contributed by atoms with van der Waals surface area (Å²) in [4.78, 5) is 0. The molecule has 1 saturated heterocycles. The van der Waals surface area contributed by atoms with Crippen LogP contribution in [-0.2, 0) is 14.2 Å². The zero-order valence-electron chi connectivity index (χ0n) is 19.0. The Hall–Kier alpha value is -1.46. The van der Waals surface area contributed by atoms with Gasteiger partial charge in [-0.2, -0.15) is 8.78 Å². The number of hydrogen-bond acceptors (Lipinski definition) is 3. The molecule has 3 aliphatic carbocycles. The second kappa shape index (κ2) is 10.5. The summed E-state index contributed by atoms with van der Waals surface area (Å²) in [6.07, 6.45) is -14.8. The van der Waals surface area contributed by atoms with E-state index in [1.54, 1.807) is 0 Å². The van der Waals surface area contributed by atoms with E-state index in [-0.39, 0.29) is 24.3 Å². The van der Waals surface area contributed by atoms with E-state index in [1.807, 2.05) is 6.92 Å². The zero-order chi connectivity index (χ0) is 25.5. The molecule has 0 spiro atoms. The maximum Gasteiger partial charge on any atom is 0.365 e. The van der Waals surface area contributed by atoms with Crippen molar-refractivity contribution in [3.8, 4) is 0 Å². The first kappa shape index (κ1) is 26.6. The molecular weight excluding hydrogens is 488 g/mol. The fraction of sp³-hybridized carbons (Fsp3) is 0.750. The smallest absolute Gasteiger partial charge is 0.348 e. The molecule has 0 N–H and O–H groups in total. The Bertz CT molecular complexity index is 854. The lowest BCUT2D eigenvalue weighted by Crippen LogP contribution is -2.48. The lowest BCUT2D eigenvalue weighted by atomic mass is 9.77. The van der Waals surface area contributed by atoms with Crippen molar-refractivity contribution in [1.29, 1.82) is 0 Å². The van der Waals surface area contributed by atoms with Gasteiger partial charge >= 0.3 is 6.11 Å². The van der Waals surface area contributed by atoms with Gasteiger partial charge in [-0.05, 0) is 49.0 Å². The van der Waals surface area contributed by atoms with E-state index in [0.717, 1.165) is 18.2 Å². The van der Waals surface area contributed by atoms with Gasteiger partial charge in [0, 0.05) is 18.3 Å². The minimum Gasteiger partial charge on any atom is -0.348 e. The summed E-state index contributed by atoms with van der Waals surface area (Å²) in [6, 6.07) is 0. The van der Waals surface area contributed by atoms with E-state index in [2.05, 4.69) is 4.74 Å². The highest BCUT2D eigenvalue weighted by molar-refractivity contribution is 5.19. The molecule has 0 radical (unpaired) electrons. The molecule has 0 saturated carbocycles. The van der Waals surface area contributed by atoms with E-state index >= 15 is 0 Å². The molecule has 1 heterocycles. The number of allylic oxidation sites excluding steroid dienone is 4. The molecule has 3 nitrogen and oxygen atoms in total. The van der Waals surface area contributed by atoms with Crippen LogP contribution in [0.2, 0.25) is 0 Å². The van der Waals surface area contributed by atoms with Gasteiger partial charge in [0.1, 0.15) is 36.1 Å². The van der Waals surface area contributed by atoms with E-state index < -0.39 is 85.4 Å². The van der Waals surface area contributed by atoms with Gasteiger partial charge < -0.3 is 14.2 Å². The van der Waals surface area contributed by atoms with Crippen LogP contribution in [-0.4, -0.2) is 56.4 Å². The van der Waals surface area contributed by atoms with Crippen molar-refractivity contribution >= 4 is 0 Å². The summed E-state index contributed by atoms with van der Waals surface area (Å²) in [7, 11) is 0. The standard InChI is InChI=1S/C24H28F8O3/c1-11-9-33-23(34-10-11)13-6-17(26)21(18(27)7-13)24(31,32)35-14-2-3-15(16(25)8-14)12-4-19(28)22(30)20(29)5-12/h4,6,8,11-12,14-15,17-18,20-23H,2-3,5,7,9-10H2,1H3. The molecule has 8 atom stereocenters. The molecule has 4 aliphatic rings. The molecule has 1 aliphatic heterocycles. The summed E-state index contributed by atoms with van der Waals surface area (Å²) in [5.74, 6) is -6.62. The Labute approximate surface area is 198 Å². The van der Waals surface area contributed by atoms with Crippen molar-refractivity contribution in [3.63, 3.8) is 0 Å². The highest BCUT2D eigenvalue weighted by Crippen LogP contribution is 2.45. The van der Waals surface area contributed by atoms with Crippen LogP contribution in [0.25, 0.3) is 0 Å². The number of alkyl halides is 6. The molecule has 11 heteroatoms. The van der Waals surface area contributed by atoms with Gasteiger partial charge in [0.05, 0.1) is 19.3 Å². The molecule has 1 fully saturated rings. The third kappa shape index (κ3) is 5.77. The van der Waals surface area contributed by atoms with Crippen LogP contribution in [0, 0.1) is 23.7 Å². The molecule has 0 aromatic carbocycles. The van der Waals surface area contributed by atoms with Crippen LogP contribution in [0.5, 0.6) is 0 Å². The van der Waals surface area contributed by atoms with E-state index in [1.165, 1.54) is 0 Å². The number of halogens is 8. The molecule has 35 heavy (non-hydrogen) atoms. The Morgan fingerprint density at radius 2 is 1.60 bits per heavy atom. The van der Waals surface area contributed by atoms with Gasteiger partial charge in [0.15, 0.2) is 12.5 Å². The lowest BCUT2D eigenvalue weighted by molar-refractivity contribution is -0.304. The summed E-state index contributed by atoms with van der Waals surface area (Å²) in [5.41, 5.74) is 0.102. The van der Waals surface area contributed by atoms with Gasteiger partial charge in [-0.15, -0.1) is 0 Å². The largest absolute Gasteiger partial charge is 0.365 e. The van der Waals surface area contributed by atoms with Crippen LogP contribution in [0.4, 0.5) is 35.1 Å². The average Bonchev–Trinajstić information content (AvgIpc) is 2.76. The quantitative estimate of drug-likeness (QED) is 0.312. The molecule has 0 aromatic rings. The minimum atomic E-state index is -4.26. The van der Waals surface area contributed by atoms with Gasteiger partial charge in [0.2, 0.25) is 0 Å². The highest BCUT2D eigenvalue weighted by atomic mass is 19.3. The molecule has 0 amide bonds. The second-order valence-corrected chi connectivity index (χ2v) is 9.86. The first-order valence-corrected chi connectivity index (χ1v) is 11.8. The maximum atomic E-state index is 14.8. The summed E-state index contributed by atoms with van der Waals surface area (Å²) in [5, 5.41) is 0. The zero-order valence-corrected chi connectivity index (χ0v) is 19.0. The van der Waals surface area contributed by atoms with E-state index in [4.69, 9.17) is 9.47 Å². The molecular formula is C24H28F8O3. The van der Waals surface area contributed by atoms with E-state index in [9.17, 15) is 35.1 Å². The Morgan fingerprint density at radius 1 is 0.914 bits per heavy atom. The van der Waals surface area contributed by atoms with Crippen molar-refractivity contribution in [2.75, 3.05) is 13.2 Å². The van der Waals surface area contributed by atoms with Crippen LogP contribution in [0.3, 0.4) is 0 Å². The molecule has 8 unspecified atom stereocenters. The summed E-state index contributed by atoms with van der Waals surface area (Å²) >= 11 is 0. The fourth-order valence-corrected chi connectivity index (χ4v) is 5.17. The van der Waals surface area contributed by atoms with E-state index in [0.29, 0.717) is 13.2 Å². The van der Waals surface area contributed by atoms with Crippen molar-refractivity contribution in [2.24, 2.45) is 23.7 Å². The summed E-state index contributed by atoms with van der Waals surface area (Å²) < 4.78 is 130. The van der Waals surface area contributed by atoms with Crippen LogP contribution in [0.1, 0.15) is 32.6 Å². The third-order valence-corrected chi connectivity index (χ3v) is 7.03. The number of rotatable bonds is 5. The first-order chi connectivity index (χ1) is 16.5. The van der Waals surface area contributed by atoms with Gasteiger partial charge in [-0.3, -0.25) is 0 Å². The van der Waals surface area contributed by atoms with Gasteiger partial charge in [-0.25, -0.2) is 26.3 Å². The van der Waals surface area contributed by atoms with Crippen molar-refractivity contribution in [1.82, 2.24) is 0 Å². The van der Waals surface area contributed by atoms with Crippen LogP contribution >= 0.6 is 0 Å². The second-order valence-electron chi connectivity index (χ2n) is 9.86. The van der Waals surface area contributed by atoms with Crippen LogP contribution < -0.4 is 0 Å². The van der Waals surface area contributed by atoms with Crippen molar-refractivity contribution in [3.05, 3.63) is 35.5 Å². The van der Waals surface area contributed by atoms with Crippen molar-refractivity contribution in [2.45, 2.75) is 75.8 Å². The Kier molecular flexibility index (Phi) is 7.97. The predicted molar refractivity (Wildman–Crippen MR) is 110 cm³/mol. The highest BCUT2D eigenvalue weighted by Gasteiger charge is 2.54. The minimum absolute atomic E-state index is 0.0963. The SMILES string of the molecule is CC1COC(C2=CC(F)C(C(F)(F)OC3C=C(F)C(C4C=C(F)C(F)C(F)C4)CC3)C(F)C2)OC1. The fourth-order valence-electron chi connectivity index (χ4n) is 5.17. The Balaban J connectivity index is 1.41. The Morgan fingerprint density at radius 3 is 2.20 bits per heavy atom. The average molecular weight is 516 g/mol. The van der Waals surface area contributed by atoms with Gasteiger partial charge in [-0.1, -0.05) is 6.92 Å².